The molecule has 0 spiro atoms. The Morgan fingerprint density at radius 2 is 2.24 bits per heavy atom. The lowest BCUT2D eigenvalue weighted by molar-refractivity contribution is 0.320. The van der Waals surface area contributed by atoms with Crippen LogP contribution >= 0.6 is 12.2 Å². The van der Waals surface area contributed by atoms with Crippen molar-refractivity contribution in [2.24, 2.45) is 11.7 Å². The Labute approximate surface area is 107 Å². The Morgan fingerprint density at radius 3 is 2.76 bits per heavy atom. The van der Waals surface area contributed by atoms with Gasteiger partial charge >= 0.3 is 0 Å². The van der Waals surface area contributed by atoms with Gasteiger partial charge in [-0.15, -0.1) is 0 Å². The summed E-state index contributed by atoms with van der Waals surface area (Å²) < 4.78 is 0. The number of nitrogens with two attached hydrogens (primary N) is 1. The van der Waals surface area contributed by atoms with E-state index in [0.29, 0.717) is 10.7 Å². The molecule has 0 bridgehead atoms. The summed E-state index contributed by atoms with van der Waals surface area (Å²) >= 11 is 4.96. The zero-order valence-electron chi connectivity index (χ0n) is 10.3. The van der Waals surface area contributed by atoms with Crippen LogP contribution in [0, 0.1) is 12.8 Å². The van der Waals surface area contributed by atoms with Gasteiger partial charge in [-0.3, -0.25) is 0 Å². The Morgan fingerprint density at radius 1 is 1.53 bits per heavy atom. The molecule has 1 aromatic rings. The van der Waals surface area contributed by atoms with E-state index in [2.05, 4.69) is 14.9 Å². The Kier molecular flexibility index (Phi) is 3.57. The molecule has 1 aliphatic carbocycles. The number of rotatable bonds is 4. The first-order valence-corrected chi connectivity index (χ1v) is 6.33. The van der Waals surface area contributed by atoms with Crippen LogP contribution in [0.2, 0.25) is 0 Å². The second-order valence-electron chi connectivity index (χ2n) is 4.74. The van der Waals surface area contributed by atoms with Crippen LogP contribution in [0.25, 0.3) is 0 Å². The maximum Gasteiger partial charge on any atom is 0.225 e. The molecule has 2 N–H and O–H groups in total. The fourth-order valence-corrected chi connectivity index (χ4v) is 2.10. The summed E-state index contributed by atoms with van der Waals surface area (Å²) in [6, 6.07) is 1.82. The van der Waals surface area contributed by atoms with Crippen LogP contribution in [0.3, 0.4) is 0 Å². The highest BCUT2D eigenvalue weighted by Crippen LogP contribution is 2.27. The van der Waals surface area contributed by atoms with E-state index in [1.54, 1.807) is 0 Å². The largest absolute Gasteiger partial charge is 0.388 e. The third-order valence-corrected chi connectivity index (χ3v) is 3.40. The highest BCUT2D eigenvalue weighted by atomic mass is 32.1. The average Bonchev–Trinajstić information content (AvgIpc) is 2.22. The van der Waals surface area contributed by atoms with Crippen molar-refractivity contribution in [3.8, 4) is 0 Å². The fraction of sp³-hybridized carbons (Fsp3) is 0.583. The van der Waals surface area contributed by atoms with Gasteiger partial charge in [-0.1, -0.05) is 18.6 Å². The van der Waals surface area contributed by atoms with Gasteiger partial charge in [-0.2, -0.15) is 0 Å². The number of thiocarbonyl (C=S) groups is 1. The van der Waals surface area contributed by atoms with Crippen molar-refractivity contribution in [1.82, 2.24) is 9.97 Å². The first-order chi connectivity index (χ1) is 8.06. The predicted octanol–water partition coefficient (Wildman–Crippen LogP) is 1.66. The summed E-state index contributed by atoms with van der Waals surface area (Å²) in [4.78, 5) is 11.2. The summed E-state index contributed by atoms with van der Waals surface area (Å²) in [5.41, 5.74) is 7.17. The van der Waals surface area contributed by atoms with E-state index in [1.807, 2.05) is 20.0 Å². The van der Waals surface area contributed by atoms with E-state index >= 15 is 0 Å². The SMILES string of the molecule is Cc1cc(C(N)=S)nc(N(C)CC2CCC2)n1. The molecule has 0 unspecified atom stereocenters. The van der Waals surface area contributed by atoms with E-state index in [1.165, 1.54) is 19.3 Å². The molecular formula is C12H18N4S. The van der Waals surface area contributed by atoms with Crippen LogP contribution in [-0.2, 0) is 0 Å². The molecule has 4 nitrogen and oxygen atoms in total. The third-order valence-electron chi connectivity index (χ3n) is 3.19. The maximum absolute atomic E-state index is 5.61. The second-order valence-corrected chi connectivity index (χ2v) is 5.18. The van der Waals surface area contributed by atoms with Gasteiger partial charge in [0, 0.05) is 19.3 Å². The molecule has 17 heavy (non-hydrogen) atoms. The highest BCUT2D eigenvalue weighted by molar-refractivity contribution is 7.80. The molecule has 1 saturated carbocycles. The van der Waals surface area contributed by atoms with Crippen molar-refractivity contribution in [1.29, 1.82) is 0 Å². The monoisotopic (exact) mass is 250 g/mol. The molecule has 5 heteroatoms. The predicted molar refractivity (Wildman–Crippen MR) is 73.3 cm³/mol. The van der Waals surface area contributed by atoms with Crippen molar-refractivity contribution < 1.29 is 0 Å². The van der Waals surface area contributed by atoms with Gasteiger partial charge in [0.25, 0.3) is 0 Å². The van der Waals surface area contributed by atoms with Gasteiger partial charge in [-0.05, 0) is 31.7 Å². The molecule has 0 radical (unpaired) electrons. The average molecular weight is 250 g/mol. The van der Waals surface area contributed by atoms with Crippen molar-refractivity contribution >= 4 is 23.2 Å². The fourth-order valence-electron chi connectivity index (χ4n) is 1.99. The van der Waals surface area contributed by atoms with Crippen LogP contribution in [0.1, 0.15) is 30.7 Å². The zero-order valence-corrected chi connectivity index (χ0v) is 11.1. The summed E-state index contributed by atoms with van der Waals surface area (Å²) in [5, 5.41) is 0. The lowest BCUT2D eigenvalue weighted by Crippen LogP contribution is -2.31. The molecule has 0 saturated heterocycles. The summed E-state index contributed by atoms with van der Waals surface area (Å²) in [7, 11) is 2.02. The molecule has 1 aromatic heterocycles. The number of aryl methyl sites for hydroxylation is 1. The van der Waals surface area contributed by atoms with Crippen molar-refractivity contribution in [3.63, 3.8) is 0 Å². The maximum atomic E-state index is 5.61. The smallest absolute Gasteiger partial charge is 0.225 e. The standard InChI is InChI=1S/C12H18N4S/c1-8-6-10(11(13)17)15-12(14-8)16(2)7-9-4-3-5-9/h6,9H,3-5,7H2,1-2H3,(H2,13,17). The lowest BCUT2D eigenvalue weighted by Gasteiger charge is -2.30. The Balaban J connectivity index is 2.15. The number of hydrogen-bond acceptors (Lipinski definition) is 4. The lowest BCUT2D eigenvalue weighted by atomic mass is 9.85. The summed E-state index contributed by atoms with van der Waals surface area (Å²) in [5.74, 6) is 1.51. The molecule has 0 aliphatic heterocycles. The summed E-state index contributed by atoms with van der Waals surface area (Å²) in [6.07, 6.45) is 3.99. The van der Waals surface area contributed by atoms with Gasteiger partial charge in [-0.25, -0.2) is 9.97 Å². The zero-order chi connectivity index (χ0) is 12.4. The van der Waals surface area contributed by atoms with Gasteiger partial charge in [0.2, 0.25) is 5.95 Å². The van der Waals surface area contributed by atoms with E-state index in [9.17, 15) is 0 Å². The van der Waals surface area contributed by atoms with Gasteiger partial charge in [0.1, 0.15) is 10.7 Å². The number of nitrogens with zero attached hydrogens (tertiary/aromatic N) is 3. The minimum absolute atomic E-state index is 0.328. The molecule has 0 aromatic carbocycles. The number of anilines is 1. The molecule has 1 heterocycles. The minimum Gasteiger partial charge on any atom is -0.388 e. The van der Waals surface area contributed by atoms with Gasteiger partial charge in [0.05, 0.1) is 0 Å². The van der Waals surface area contributed by atoms with E-state index in [-0.39, 0.29) is 0 Å². The molecule has 0 amide bonds. The van der Waals surface area contributed by atoms with Crippen LogP contribution < -0.4 is 10.6 Å². The number of aromatic nitrogens is 2. The van der Waals surface area contributed by atoms with E-state index in [4.69, 9.17) is 18.0 Å². The molecule has 1 aliphatic rings. The third kappa shape index (κ3) is 2.91. The normalized spacial score (nSPS) is 15.4. The first kappa shape index (κ1) is 12.2. The minimum atomic E-state index is 0.328. The van der Waals surface area contributed by atoms with E-state index in [0.717, 1.165) is 24.1 Å². The molecule has 0 atom stereocenters. The van der Waals surface area contributed by atoms with Crippen molar-refractivity contribution in [2.45, 2.75) is 26.2 Å². The van der Waals surface area contributed by atoms with Crippen molar-refractivity contribution in [3.05, 3.63) is 17.5 Å². The molecule has 2 rings (SSSR count). The van der Waals surface area contributed by atoms with E-state index < -0.39 is 0 Å². The van der Waals surface area contributed by atoms with Crippen LogP contribution in [-0.4, -0.2) is 28.5 Å². The molecule has 1 fully saturated rings. The second kappa shape index (κ2) is 4.96. The number of hydrogen-bond donors (Lipinski definition) is 1. The summed E-state index contributed by atoms with van der Waals surface area (Å²) in [6.45, 7) is 2.95. The van der Waals surface area contributed by atoms with Gasteiger partial charge in [0.15, 0.2) is 0 Å². The van der Waals surface area contributed by atoms with Crippen LogP contribution in [0.4, 0.5) is 5.95 Å². The molecule has 92 valence electrons. The molecular weight excluding hydrogens is 232 g/mol. The topological polar surface area (TPSA) is 55.0 Å². The highest BCUT2D eigenvalue weighted by Gasteiger charge is 2.20. The quantitative estimate of drug-likeness (QED) is 0.824. The first-order valence-electron chi connectivity index (χ1n) is 5.93. The van der Waals surface area contributed by atoms with Crippen molar-refractivity contribution in [2.75, 3.05) is 18.5 Å². The van der Waals surface area contributed by atoms with Crippen LogP contribution in [0.5, 0.6) is 0 Å². The Hall–Kier alpha value is -1.23. The van der Waals surface area contributed by atoms with Crippen LogP contribution in [0.15, 0.2) is 6.07 Å². The van der Waals surface area contributed by atoms with Gasteiger partial charge < -0.3 is 10.6 Å². The Bertz CT molecular complexity index is 429.